The monoisotopic (exact) mass is 300 g/mol. The summed E-state index contributed by atoms with van der Waals surface area (Å²) >= 11 is 5.83. The maximum atomic E-state index is 12.0. The Bertz CT molecular complexity index is 597. The molecule has 1 aromatic carbocycles. The second-order valence-electron chi connectivity index (χ2n) is 4.59. The standard InChI is InChI=1S/C13H17ClN2O2S/c14-12-9-11(5-6-13(12)15)19(17,18)16-8-7-10-3-1-2-4-10/h3,5-6,9,16H,1-2,4,7-8,15H2. The van der Waals surface area contributed by atoms with Crippen LogP contribution in [0.15, 0.2) is 34.7 Å². The van der Waals surface area contributed by atoms with E-state index in [2.05, 4.69) is 10.8 Å². The SMILES string of the molecule is Nc1ccc(S(=O)(=O)NCCC2=CCCC2)cc1Cl. The van der Waals surface area contributed by atoms with E-state index < -0.39 is 10.0 Å². The Morgan fingerprint density at radius 1 is 1.37 bits per heavy atom. The van der Waals surface area contributed by atoms with Crippen molar-refractivity contribution in [3.05, 3.63) is 34.9 Å². The molecule has 0 aliphatic heterocycles. The van der Waals surface area contributed by atoms with Gasteiger partial charge in [-0.25, -0.2) is 13.1 Å². The van der Waals surface area contributed by atoms with Crippen LogP contribution in [0.25, 0.3) is 0 Å². The van der Waals surface area contributed by atoms with Gasteiger partial charge in [0.2, 0.25) is 10.0 Å². The first kappa shape index (κ1) is 14.4. The van der Waals surface area contributed by atoms with Crippen LogP contribution in [0.3, 0.4) is 0 Å². The van der Waals surface area contributed by atoms with Crippen LogP contribution in [-0.2, 0) is 10.0 Å². The van der Waals surface area contributed by atoms with Gasteiger partial charge in [-0.05, 0) is 43.9 Å². The summed E-state index contributed by atoms with van der Waals surface area (Å²) in [6, 6.07) is 4.32. The van der Waals surface area contributed by atoms with Gasteiger partial charge in [0.1, 0.15) is 0 Å². The molecule has 1 aliphatic rings. The molecule has 0 heterocycles. The van der Waals surface area contributed by atoms with Crippen molar-refractivity contribution in [2.45, 2.75) is 30.6 Å². The quantitative estimate of drug-likeness (QED) is 0.649. The molecule has 4 nitrogen and oxygen atoms in total. The third-order valence-corrected chi connectivity index (χ3v) is 4.94. The minimum absolute atomic E-state index is 0.145. The molecule has 19 heavy (non-hydrogen) atoms. The first-order valence-corrected chi connectivity index (χ1v) is 8.08. The van der Waals surface area contributed by atoms with Gasteiger partial charge < -0.3 is 5.73 Å². The highest BCUT2D eigenvalue weighted by atomic mass is 35.5. The molecule has 0 atom stereocenters. The summed E-state index contributed by atoms with van der Waals surface area (Å²) in [6.45, 7) is 0.413. The normalized spacial score (nSPS) is 15.5. The molecular weight excluding hydrogens is 284 g/mol. The van der Waals surface area contributed by atoms with Crippen LogP contribution in [0.2, 0.25) is 5.02 Å². The number of anilines is 1. The van der Waals surface area contributed by atoms with E-state index in [0.717, 1.165) is 19.3 Å². The second-order valence-corrected chi connectivity index (χ2v) is 6.76. The van der Waals surface area contributed by atoms with Crippen molar-refractivity contribution in [1.82, 2.24) is 4.72 Å². The van der Waals surface area contributed by atoms with Gasteiger partial charge in [-0.1, -0.05) is 23.3 Å². The van der Waals surface area contributed by atoms with Gasteiger partial charge in [-0.15, -0.1) is 0 Å². The number of rotatable bonds is 5. The predicted octanol–water partition coefficient (Wildman–Crippen LogP) is 2.70. The summed E-state index contributed by atoms with van der Waals surface area (Å²) < 4.78 is 26.7. The fourth-order valence-electron chi connectivity index (χ4n) is 2.07. The van der Waals surface area contributed by atoms with Gasteiger partial charge in [-0.3, -0.25) is 0 Å². The zero-order chi connectivity index (χ0) is 13.9. The fraction of sp³-hybridized carbons (Fsp3) is 0.385. The summed E-state index contributed by atoms with van der Waals surface area (Å²) in [4.78, 5) is 0.145. The van der Waals surface area contributed by atoms with Crippen molar-refractivity contribution in [1.29, 1.82) is 0 Å². The molecule has 0 fully saturated rings. The summed E-state index contributed by atoms with van der Waals surface area (Å²) in [5.41, 5.74) is 7.26. The maximum absolute atomic E-state index is 12.0. The minimum atomic E-state index is -3.51. The van der Waals surface area contributed by atoms with Crippen LogP contribution < -0.4 is 10.5 Å². The lowest BCUT2D eigenvalue weighted by Gasteiger charge is -2.08. The molecule has 0 saturated heterocycles. The average Bonchev–Trinajstić information content (AvgIpc) is 2.85. The molecule has 6 heteroatoms. The summed E-state index contributed by atoms with van der Waals surface area (Å²) in [5.74, 6) is 0. The van der Waals surface area contributed by atoms with Crippen LogP contribution >= 0.6 is 11.6 Å². The van der Waals surface area contributed by atoms with Crippen molar-refractivity contribution < 1.29 is 8.42 Å². The van der Waals surface area contributed by atoms with Gasteiger partial charge in [0, 0.05) is 6.54 Å². The van der Waals surface area contributed by atoms with E-state index in [9.17, 15) is 8.42 Å². The molecule has 0 bridgehead atoms. The van der Waals surface area contributed by atoms with E-state index in [4.69, 9.17) is 17.3 Å². The van der Waals surface area contributed by atoms with Crippen molar-refractivity contribution in [3.63, 3.8) is 0 Å². The van der Waals surface area contributed by atoms with Gasteiger partial charge in [-0.2, -0.15) is 0 Å². The molecule has 3 N–H and O–H groups in total. The summed E-state index contributed by atoms with van der Waals surface area (Å²) in [6.07, 6.45) is 6.32. The Morgan fingerprint density at radius 3 is 2.79 bits per heavy atom. The van der Waals surface area contributed by atoms with Gasteiger partial charge in [0.05, 0.1) is 15.6 Å². The average molecular weight is 301 g/mol. The maximum Gasteiger partial charge on any atom is 0.240 e. The molecule has 1 aliphatic carbocycles. The molecule has 0 unspecified atom stereocenters. The molecule has 0 radical (unpaired) electrons. The zero-order valence-electron chi connectivity index (χ0n) is 10.5. The molecule has 0 aromatic heterocycles. The lowest BCUT2D eigenvalue weighted by molar-refractivity contribution is 0.581. The van der Waals surface area contributed by atoms with E-state index in [1.165, 1.54) is 30.2 Å². The summed E-state index contributed by atoms with van der Waals surface area (Å²) in [5, 5.41) is 0.251. The van der Waals surface area contributed by atoms with Crippen molar-refractivity contribution in [2.75, 3.05) is 12.3 Å². The lowest BCUT2D eigenvalue weighted by Crippen LogP contribution is -2.25. The highest BCUT2D eigenvalue weighted by molar-refractivity contribution is 7.89. The number of nitrogen functional groups attached to an aromatic ring is 1. The summed E-state index contributed by atoms with van der Waals surface area (Å²) in [7, 11) is -3.51. The van der Waals surface area contributed by atoms with Crippen LogP contribution in [0.5, 0.6) is 0 Å². The number of hydrogen-bond acceptors (Lipinski definition) is 3. The van der Waals surface area contributed by atoms with Gasteiger partial charge in [0.25, 0.3) is 0 Å². The molecule has 2 rings (SSSR count). The van der Waals surface area contributed by atoms with Crippen LogP contribution in [0.4, 0.5) is 5.69 Å². The molecule has 104 valence electrons. The lowest BCUT2D eigenvalue weighted by atomic mass is 10.2. The highest BCUT2D eigenvalue weighted by Crippen LogP contribution is 2.23. The third kappa shape index (κ3) is 3.72. The van der Waals surface area contributed by atoms with Crippen molar-refractivity contribution in [2.24, 2.45) is 0 Å². The number of benzene rings is 1. The predicted molar refractivity (Wildman–Crippen MR) is 77.6 cm³/mol. The Kier molecular flexibility index (Phi) is 4.50. The topological polar surface area (TPSA) is 72.2 Å². The number of allylic oxidation sites excluding steroid dienone is 1. The first-order chi connectivity index (χ1) is 8.99. The van der Waals surface area contributed by atoms with Crippen LogP contribution in [0.1, 0.15) is 25.7 Å². The number of nitrogens with one attached hydrogen (secondary N) is 1. The van der Waals surface area contributed by atoms with Crippen LogP contribution in [0, 0.1) is 0 Å². The molecule has 0 spiro atoms. The molecule has 1 aromatic rings. The fourth-order valence-corrected chi connectivity index (χ4v) is 3.37. The Hall–Kier alpha value is -1.04. The highest BCUT2D eigenvalue weighted by Gasteiger charge is 2.15. The van der Waals surface area contributed by atoms with E-state index in [1.54, 1.807) is 0 Å². The van der Waals surface area contributed by atoms with E-state index in [0.29, 0.717) is 12.2 Å². The minimum Gasteiger partial charge on any atom is -0.398 e. The second kappa shape index (κ2) is 5.94. The first-order valence-electron chi connectivity index (χ1n) is 6.21. The molecule has 0 saturated carbocycles. The number of hydrogen-bond donors (Lipinski definition) is 2. The van der Waals surface area contributed by atoms with Gasteiger partial charge >= 0.3 is 0 Å². The number of nitrogens with two attached hydrogens (primary N) is 1. The Balaban J connectivity index is 1.99. The number of halogens is 1. The third-order valence-electron chi connectivity index (χ3n) is 3.16. The Morgan fingerprint density at radius 2 is 2.16 bits per heavy atom. The van der Waals surface area contributed by atoms with E-state index in [-0.39, 0.29) is 9.92 Å². The Labute approximate surface area is 118 Å². The van der Waals surface area contributed by atoms with Gasteiger partial charge in [0.15, 0.2) is 0 Å². The van der Waals surface area contributed by atoms with E-state index in [1.807, 2.05) is 0 Å². The van der Waals surface area contributed by atoms with Crippen molar-refractivity contribution in [3.8, 4) is 0 Å². The number of sulfonamides is 1. The largest absolute Gasteiger partial charge is 0.398 e. The smallest absolute Gasteiger partial charge is 0.240 e. The molecular formula is C13H17ClN2O2S. The zero-order valence-corrected chi connectivity index (χ0v) is 12.1. The van der Waals surface area contributed by atoms with Crippen LogP contribution in [-0.4, -0.2) is 15.0 Å². The van der Waals surface area contributed by atoms with Crippen molar-refractivity contribution >= 4 is 27.3 Å². The van der Waals surface area contributed by atoms with E-state index >= 15 is 0 Å². The molecule has 0 amide bonds.